The van der Waals surface area contributed by atoms with Crippen molar-refractivity contribution in [3.63, 3.8) is 0 Å². The molecule has 0 radical (unpaired) electrons. The third-order valence-corrected chi connectivity index (χ3v) is 5.28. The van der Waals surface area contributed by atoms with Crippen molar-refractivity contribution in [1.82, 2.24) is 9.55 Å². The fourth-order valence-electron chi connectivity index (χ4n) is 3.79. The van der Waals surface area contributed by atoms with Gasteiger partial charge in [0, 0.05) is 23.3 Å². The lowest BCUT2D eigenvalue weighted by atomic mass is 10.2. The van der Waals surface area contributed by atoms with E-state index in [2.05, 4.69) is 15.2 Å². The van der Waals surface area contributed by atoms with E-state index in [-0.39, 0.29) is 5.88 Å². The Bertz CT molecular complexity index is 989. The maximum atomic E-state index is 12.2. The van der Waals surface area contributed by atoms with E-state index < -0.39 is 5.91 Å². The second-order valence-electron chi connectivity index (χ2n) is 7.18. The number of aromatic hydroxyl groups is 1. The highest BCUT2D eigenvalue weighted by Gasteiger charge is 2.21. The third-order valence-electron chi connectivity index (χ3n) is 5.28. The van der Waals surface area contributed by atoms with Gasteiger partial charge >= 0.3 is 0 Å². The van der Waals surface area contributed by atoms with Gasteiger partial charge in [-0.2, -0.15) is 0 Å². The van der Waals surface area contributed by atoms with Crippen LogP contribution in [0.5, 0.6) is 5.88 Å². The fraction of sp³-hybridized carbons (Fsp3) is 0.333. The molecule has 144 valence electrons. The Balaban J connectivity index is 1.66. The molecular weight excluding hydrogens is 354 g/mol. The number of hydrogen-bond donors (Lipinski definition) is 2. The van der Waals surface area contributed by atoms with Crippen molar-refractivity contribution in [2.75, 3.05) is 13.1 Å². The summed E-state index contributed by atoms with van der Waals surface area (Å²) in [5.74, 6) is -0.402. The summed E-state index contributed by atoms with van der Waals surface area (Å²) in [5.41, 5.74) is 1.66. The Morgan fingerprint density at radius 2 is 1.79 bits per heavy atom. The molecule has 2 aromatic heterocycles. The number of quaternary nitrogens is 1. The van der Waals surface area contributed by atoms with Gasteiger partial charge in [0.15, 0.2) is 12.4 Å². The Morgan fingerprint density at radius 3 is 2.54 bits per heavy atom. The first kappa shape index (κ1) is 18.3. The van der Waals surface area contributed by atoms with Gasteiger partial charge in [-0.3, -0.25) is 14.3 Å². The quantitative estimate of drug-likeness (QED) is 0.684. The molecule has 0 spiro atoms. The normalized spacial score (nSPS) is 15.9. The number of azo groups is 1. The van der Waals surface area contributed by atoms with E-state index in [1.54, 1.807) is 12.1 Å². The number of likely N-dealkylation sites (tertiary alicyclic amines) is 1. The highest BCUT2D eigenvalue weighted by atomic mass is 16.3. The van der Waals surface area contributed by atoms with Gasteiger partial charge in [-0.1, -0.05) is 18.2 Å². The van der Waals surface area contributed by atoms with Crippen LogP contribution in [-0.4, -0.2) is 33.7 Å². The second kappa shape index (κ2) is 8.31. The molecule has 0 bridgehead atoms. The predicted molar refractivity (Wildman–Crippen MR) is 106 cm³/mol. The summed E-state index contributed by atoms with van der Waals surface area (Å²) in [5, 5.41) is 19.6. The lowest BCUT2D eigenvalue weighted by Gasteiger charge is -2.18. The summed E-state index contributed by atoms with van der Waals surface area (Å²) in [4.78, 5) is 17.6. The number of para-hydroxylation sites is 1. The minimum absolute atomic E-state index is 0.0595. The molecule has 7 heteroatoms. The molecule has 7 nitrogen and oxygen atoms in total. The van der Waals surface area contributed by atoms with Crippen LogP contribution < -0.4 is 4.90 Å². The molecular formula is C21H24N5O2+. The molecule has 28 heavy (non-hydrogen) atoms. The summed E-state index contributed by atoms with van der Waals surface area (Å²) < 4.78 is 1.89. The van der Waals surface area contributed by atoms with Crippen LogP contribution in [0.15, 0.2) is 59.0 Å². The van der Waals surface area contributed by atoms with Gasteiger partial charge in [0.05, 0.1) is 18.6 Å². The standard InChI is InChI=1S/C21H23N5O2/c27-20(16-9-11-22-12-10-16)24-23-19-17-7-3-4-8-18(17)26(21(19)28)15-25-13-5-1-2-6-14-25/h3-4,7-12,28H,1-2,5-6,13-15H2/p+1. The van der Waals surface area contributed by atoms with Gasteiger partial charge < -0.3 is 10.0 Å². The lowest BCUT2D eigenvalue weighted by molar-refractivity contribution is -0.921. The number of pyridine rings is 1. The van der Waals surface area contributed by atoms with Gasteiger partial charge in [-0.15, -0.1) is 10.2 Å². The van der Waals surface area contributed by atoms with E-state index in [1.165, 1.54) is 43.0 Å². The summed E-state index contributed by atoms with van der Waals surface area (Å²) in [7, 11) is 0. The summed E-state index contributed by atoms with van der Waals surface area (Å²) in [6.07, 6.45) is 8.05. The van der Waals surface area contributed by atoms with Crippen LogP contribution in [0.2, 0.25) is 0 Å². The van der Waals surface area contributed by atoms with E-state index in [0.717, 1.165) is 24.0 Å². The Morgan fingerprint density at radius 1 is 1.07 bits per heavy atom. The Hall–Kier alpha value is -3.06. The number of amides is 1. The molecule has 0 aliphatic carbocycles. The van der Waals surface area contributed by atoms with E-state index >= 15 is 0 Å². The van der Waals surface area contributed by atoms with Crippen LogP contribution in [0.25, 0.3) is 10.9 Å². The van der Waals surface area contributed by atoms with Crippen molar-refractivity contribution >= 4 is 22.5 Å². The maximum absolute atomic E-state index is 12.2. The monoisotopic (exact) mass is 378 g/mol. The van der Waals surface area contributed by atoms with E-state index in [4.69, 9.17) is 0 Å². The maximum Gasteiger partial charge on any atom is 0.295 e. The van der Waals surface area contributed by atoms with Crippen LogP contribution in [0.1, 0.15) is 36.0 Å². The van der Waals surface area contributed by atoms with E-state index in [9.17, 15) is 9.90 Å². The highest BCUT2D eigenvalue weighted by Crippen LogP contribution is 2.38. The van der Waals surface area contributed by atoms with Crippen molar-refractivity contribution < 1.29 is 14.8 Å². The van der Waals surface area contributed by atoms with Gasteiger partial charge in [0.2, 0.25) is 5.88 Å². The number of carbonyl (C=O) groups is 1. The molecule has 1 aliphatic heterocycles. The lowest BCUT2D eigenvalue weighted by Crippen LogP contribution is -3.11. The molecule has 1 amide bonds. The number of aromatic nitrogens is 2. The molecule has 1 fully saturated rings. The summed E-state index contributed by atoms with van der Waals surface area (Å²) in [6, 6.07) is 10.9. The van der Waals surface area contributed by atoms with Gasteiger partial charge in [0.25, 0.3) is 5.91 Å². The number of fused-ring (bicyclic) bond motifs is 1. The summed E-state index contributed by atoms with van der Waals surface area (Å²) >= 11 is 0. The molecule has 1 aromatic carbocycles. The zero-order valence-corrected chi connectivity index (χ0v) is 15.7. The zero-order chi connectivity index (χ0) is 19.3. The van der Waals surface area contributed by atoms with Crippen LogP contribution in [0.3, 0.4) is 0 Å². The number of nitrogens with zero attached hydrogens (tertiary/aromatic N) is 4. The van der Waals surface area contributed by atoms with Gasteiger partial charge in [-0.05, 0) is 43.9 Å². The van der Waals surface area contributed by atoms with Crippen molar-refractivity contribution in [1.29, 1.82) is 0 Å². The van der Waals surface area contributed by atoms with Crippen LogP contribution in [-0.2, 0) is 6.67 Å². The first-order valence-electron chi connectivity index (χ1n) is 9.74. The molecule has 1 saturated heterocycles. The van der Waals surface area contributed by atoms with Gasteiger partial charge in [0.1, 0.15) is 0 Å². The number of carbonyl (C=O) groups excluding carboxylic acids is 1. The molecule has 3 aromatic rings. The van der Waals surface area contributed by atoms with Crippen molar-refractivity contribution in [2.45, 2.75) is 32.4 Å². The summed E-state index contributed by atoms with van der Waals surface area (Å²) in [6.45, 7) is 2.88. The van der Waals surface area contributed by atoms with Crippen LogP contribution >= 0.6 is 0 Å². The van der Waals surface area contributed by atoms with Crippen LogP contribution in [0.4, 0.5) is 5.69 Å². The molecule has 0 atom stereocenters. The highest BCUT2D eigenvalue weighted by molar-refractivity contribution is 5.97. The first-order chi connectivity index (χ1) is 13.7. The SMILES string of the molecule is O=C(N=Nc1c(O)n(C[NH+]2CCCCCC2)c2ccccc12)c1ccncc1. The predicted octanol–water partition coefficient (Wildman–Crippen LogP) is 3.08. The smallest absolute Gasteiger partial charge is 0.295 e. The van der Waals surface area contributed by atoms with E-state index in [1.807, 2.05) is 28.8 Å². The van der Waals surface area contributed by atoms with Crippen molar-refractivity contribution in [3.05, 3.63) is 54.4 Å². The second-order valence-corrected chi connectivity index (χ2v) is 7.18. The molecule has 4 rings (SSSR count). The van der Waals surface area contributed by atoms with Crippen LogP contribution in [0, 0.1) is 0 Å². The number of benzene rings is 1. The molecule has 0 saturated carbocycles. The average Bonchev–Trinajstić information content (AvgIpc) is 2.89. The number of nitrogens with one attached hydrogen (secondary N) is 1. The minimum Gasteiger partial charge on any atom is -0.493 e. The fourth-order valence-corrected chi connectivity index (χ4v) is 3.79. The largest absolute Gasteiger partial charge is 0.493 e. The number of hydrogen-bond acceptors (Lipinski definition) is 4. The first-order valence-corrected chi connectivity index (χ1v) is 9.74. The molecule has 3 heterocycles. The molecule has 1 aliphatic rings. The number of rotatable bonds is 4. The average molecular weight is 378 g/mol. The van der Waals surface area contributed by atoms with E-state index in [0.29, 0.717) is 17.9 Å². The zero-order valence-electron chi connectivity index (χ0n) is 15.7. The molecule has 2 N–H and O–H groups in total. The van der Waals surface area contributed by atoms with Crippen molar-refractivity contribution in [2.24, 2.45) is 10.2 Å². The Labute approximate surface area is 163 Å². The van der Waals surface area contributed by atoms with Crippen molar-refractivity contribution in [3.8, 4) is 5.88 Å². The molecule has 0 unspecified atom stereocenters. The van der Waals surface area contributed by atoms with Gasteiger partial charge in [-0.25, -0.2) is 0 Å². The topological polar surface area (TPSA) is 84.3 Å². The minimum atomic E-state index is -0.461. The third kappa shape index (κ3) is 3.80. The Kier molecular flexibility index (Phi) is 5.43.